The van der Waals surface area contributed by atoms with Gasteiger partial charge in [-0.3, -0.25) is 11.3 Å². The van der Waals surface area contributed by atoms with E-state index in [0.29, 0.717) is 6.04 Å². The molecule has 0 amide bonds. The third-order valence-corrected chi connectivity index (χ3v) is 7.08. The van der Waals surface area contributed by atoms with Gasteiger partial charge in [-0.15, -0.1) is 11.3 Å². The number of hydrogen-bond acceptors (Lipinski definition) is 3. The molecule has 4 saturated carbocycles. The third-order valence-electron chi connectivity index (χ3n) is 5.76. The van der Waals surface area contributed by atoms with Crippen molar-refractivity contribution in [2.75, 3.05) is 0 Å². The zero-order chi connectivity index (χ0) is 13.0. The molecule has 0 spiro atoms. The number of thiophene rings is 1. The van der Waals surface area contributed by atoms with Crippen molar-refractivity contribution in [3.63, 3.8) is 0 Å². The van der Waals surface area contributed by atoms with E-state index in [4.69, 9.17) is 17.4 Å². The highest BCUT2D eigenvalue weighted by atomic mass is 35.5. The van der Waals surface area contributed by atoms with Gasteiger partial charge in [-0.2, -0.15) is 0 Å². The van der Waals surface area contributed by atoms with Crippen LogP contribution in [0.4, 0.5) is 0 Å². The minimum absolute atomic E-state index is 0.312. The van der Waals surface area contributed by atoms with Gasteiger partial charge in [0.15, 0.2) is 0 Å². The summed E-state index contributed by atoms with van der Waals surface area (Å²) in [6.07, 6.45) is 7.26. The highest BCUT2D eigenvalue weighted by Gasteiger charge is 2.50. The molecule has 0 aliphatic heterocycles. The summed E-state index contributed by atoms with van der Waals surface area (Å²) in [5.41, 5.74) is 3.11. The number of rotatable bonds is 3. The normalized spacial score (nSPS) is 41.7. The van der Waals surface area contributed by atoms with Crippen LogP contribution in [-0.2, 0) is 0 Å². The maximum absolute atomic E-state index is 6.10. The van der Waals surface area contributed by atoms with Crippen molar-refractivity contribution in [2.45, 2.75) is 38.1 Å². The molecule has 4 aliphatic carbocycles. The van der Waals surface area contributed by atoms with Crippen LogP contribution in [0.5, 0.6) is 0 Å². The van der Waals surface area contributed by atoms with E-state index in [1.54, 1.807) is 11.3 Å². The molecule has 104 valence electrons. The topological polar surface area (TPSA) is 38.0 Å². The van der Waals surface area contributed by atoms with Crippen LogP contribution < -0.4 is 11.3 Å². The Morgan fingerprint density at radius 1 is 1.11 bits per heavy atom. The van der Waals surface area contributed by atoms with E-state index in [1.807, 2.05) is 6.07 Å². The lowest BCUT2D eigenvalue weighted by Crippen LogP contribution is -2.50. The Morgan fingerprint density at radius 3 is 2.21 bits per heavy atom. The summed E-state index contributed by atoms with van der Waals surface area (Å²) in [5, 5.41) is 0. The van der Waals surface area contributed by atoms with Crippen molar-refractivity contribution in [3.8, 4) is 0 Å². The molecule has 4 fully saturated rings. The summed E-state index contributed by atoms with van der Waals surface area (Å²) in [6.45, 7) is 0. The van der Waals surface area contributed by atoms with Gasteiger partial charge in [0.05, 0.1) is 10.4 Å². The predicted octanol–water partition coefficient (Wildman–Crippen LogP) is 3.98. The lowest BCUT2D eigenvalue weighted by atomic mass is 9.50. The molecule has 4 aliphatic rings. The first kappa shape index (κ1) is 12.6. The van der Waals surface area contributed by atoms with Crippen LogP contribution in [0.2, 0.25) is 4.34 Å². The molecule has 3 N–H and O–H groups in total. The molecule has 4 heteroatoms. The Morgan fingerprint density at radius 2 is 1.74 bits per heavy atom. The molecule has 0 aromatic carbocycles. The molecule has 1 heterocycles. The van der Waals surface area contributed by atoms with Crippen LogP contribution in [-0.4, -0.2) is 0 Å². The second-order valence-corrected chi connectivity index (χ2v) is 8.54. The van der Waals surface area contributed by atoms with Gasteiger partial charge < -0.3 is 0 Å². The van der Waals surface area contributed by atoms with Crippen LogP contribution in [0.25, 0.3) is 0 Å². The van der Waals surface area contributed by atoms with Gasteiger partial charge in [0.2, 0.25) is 0 Å². The molecule has 0 saturated heterocycles. The van der Waals surface area contributed by atoms with E-state index in [-0.39, 0.29) is 0 Å². The summed E-state index contributed by atoms with van der Waals surface area (Å²) in [4.78, 5) is 1.32. The molecule has 2 nitrogen and oxygen atoms in total. The Labute approximate surface area is 123 Å². The summed E-state index contributed by atoms with van der Waals surface area (Å²) in [5.74, 6) is 10.4. The van der Waals surface area contributed by atoms with Crippen LogP contribution in [0, 0.1) is 29.6 Å². The first-order valence-electron chi connectivity index (χ1n) is 7.46. The first-order chi connectivity index (χ1) is 9.24. The second kappa shape index (κ2) is 4.73. The smallest absolute Gasteiger partial charge is 0.0931 e. The van der Waals surface area contributed by atoms with Crippen LogP contribution in [0.3, 0.4) is 0 Å². The van der Waals surface area contributed by atoms with Crippen LogP contribution in [0.1, 0.15) is 43.0 Å². The van der Waals surface area contributed by atoms with E-state index in [0.717, 1.165) is 33.9 Å². The fourth-order valence-corrected chi connectivity index (χ4v) is 6.57. The van der Waals surface area contributed by atoms with Gasteiger partial charge in [-0.05, 0) is 73.8 Å². The minimum atomic E-state index is 0.312. The summed E-state index contributed by atoms with van der Waals surface area (Å²) in [7, 11) is 0. The van der Waals surface area contributed by atoms with E-state index in [2.05, 4.69) is 11.5 Å². The van der Waals surface area contributed by atoms with Crippen molar-refractivity contribution in [2.24, 2.45) is 35.4 Å². The first-order valence-corrected chi connectivity index (χ1v) is 8.65. The molecule has 1 unspecified atom stereocenters. The predicted molar refractivity (Wildman–Crippen MR) is 79.9 cm³/mol. The number of hydrazine groups is 1. The van der Waals surface area contributed by atoms with Gasteiger partial charge in [-0.1, -0.05) is 11.6 Å². The van der Waals surface area contributed by atoms with E-state index in [9.17, 15) is 0 Å². The average molecular weight is 297 g/mol. The molecule has 4 bridgehead atoms. The van der Waals surface area contributed by atoms with Crippen molar-refractivity contribution in [1.29, 1.82) is 0 Å². The monoisotopic (exact) mass is 296 g/mol. The number of halogens is 1. The van der Waals surface area contributed by atoms with E-state index >= 15 is 0 Å². The lowest BCUT2D eigenvalue weighted by Gasteiger charge is -2.56. The van der Waals surface area contributed by atoms with Gasteiger partial charge >= 0.3 is 0 Å². The van der Waals surface area contributed by atoms with Gasteiger partial charge in [0, 0.05) is 4.88 Å². The number of nitrogens with two attached hydrogens (primary N) is 1. The van der Waals surface area contributed by atoms with Gasteiger partial charge in [0.1, 0.15) is 0 Å². The summed E-state index contributed by atoms with van der Waals surface area (Å²) in [6, 6.07) is 4.47. The number of hydrogen-bond donors (Lipinski definition) is 2. The lowest BCUT2D eigenvalue weighted by molar-refractivity contribution is -0.0520. The minimum Gasteiger partial charge on any atom is -0.271 e. The van der Waals surface area contributed by atoms with Crippen molar-refractivity contribution in [1.82, 2.24) is 5.43 Å². The standard InChI is InChI=1S/C15H21ClN2S/c16-13-2-1-12(19-13)15(18-17)14-10-4-8-3-9(6-10)7-11(14)5-8/h1-2,8-11,14-15,18H,3-7,17H2. The van der Waals surface area contributed by atoms with Crippen molar-refractivity contribution in [3.05, 3.63) is 21.3 Å². The van der Waals surface area contributed by atoms with Crippen molar-refractivity contribution >= 4 is 22.9 Å². The molecular formula is C15H21ClN2S. The van der Waals surface area contributed by atoms with Crippen LogP contribution >= 0.6 is 22.9 Å². The second-order valence-electron chi connectivity index (χ2n) is 6.79. The molecule has 1 atom stereocenters. The Bertz CT molecular complexity index is 444. The van der Waals surface area contributed by atoms with Crippen LogP contribution in [0.15, 0.2) is 12.1 Å². The molecule has 5 rings (SSSR count). The molecular weight excluding hydrogens is 276 g/mol. The Kier molecular flexibility index (Phi) is 3.14. The average Bonchev–Trinajstić information content (AvgIpc) is 2.79. The van der Waals surface area contributed by atoms with Gasteiger partial charge in [0.25, 0.3) is 0 Å². The maximum atomic E-state index is 6.10. The highest BCUT2D eigenvalue weighted by Crippen LogP contribution is 2.59. The van der Waals surface area contributed by atoms with E-state index in [1.165, 1.54) is 37.0 Å². The number of nitrogens with one attached hydrogen (secondary N) is 1. The molecule has 0 radical (unpaired) electrons. The zero-order valence-electron chi connectivity index (χ0n) is 11.0. The zero-order valence-corrected chi connectivity index (χ0v) is 12.6. The fraction of sp³-hybridized carbons (Fsp3) is 0.733. The highest BCUT2D eigenvalue weighted by molar-refractivity contribution is 7.16. The van der Waals surface area contributed by atoms with Gasteiger partial charge in [-0.25, -0.2) is 0 Å². The Balaban J connectivity index is 1.63. The quantitative estimate of drug-likeness (QED) is 0.654. The largest absolute Gasteiger partial charge is 0.271 e. The molecule has 1 aromatic heterocycles. The maximum Gasteiger partial charge on any atom is 0.0931 e. The third kappa shape index (κ3) is 2.06. The fourth-order valence-electron chi connectivity index (χ4n) is 5.39. The van der Waals surface area contributed by atoms with Crippen molar-refractivity contribution < 1.29 is 0 Å². The van der Waals surface area contributed by atoms with E-state index < -0.39 is 0 Å². The SMILES string of the molecule is NNC(c1ccc(Cl)s1)C1C2CC3CC(C2)CC1C3. The molecule has 1 aromatic rings. The summed E-state index contributed by atoms with van der Waals surface area (Å²) >= 11 is 7.79. The Hall–Kier alpha value is -0.0900. The summed E-state index contributed by atoms with van der Waals surface area (Å²) < 4.78 is 0.874. The molecule has 19 heavy (non-hydrogen) atoms.